The summed E-state index contributed by atoms with van der Waals surface area (Å²) in [5.74, 6) is 0. The van der Waals surface area contributed by atoms with Crippen LogP contribution in [-0.2, 0) is 23.0 Å². The Morgan fingerprint density at radius 2 is 1.95 bits per heavy atom. The third-order valence-electron chi connectivity index (χ3n) is 2.70. The molecule has 3 N–H and O–H groups in total. The van der Waals surface area contributed by atoms with Gasteiger partial charge in [-0.25, -0.2) is 23.1 Å². The number of hydrogen-bond acceptors (Lipinski definition) is 5. The first kappa shape index (κ1) is 15.5. The number of hydrogen-bond donors (Lipinski definition) is 2. The average Bonchev–Trinajstić information content (AvgIpc) is 2.46. The van der Waals surface area contributed by atoms with Crippen LogP contribution in [0.4, 0.5) is 0 Å². The van der Waals surface area contributed by atoms with E-state index in [0.29, 0.717) is 17.1 Å². The SMILES string of the molecule is NC(=S)Cc1ccc(S(=O)(=O)NCc2ccncn2)cc1. The predicted octanol–water partition coefficient (Wildman–Crippen LogP) is 0.784. The van der Waals surface area contributed by atoms with Gasteiger partial charge in [-0.3, -0.25) is 0 Å². The summed E-state index contributed by atoms with van der Waals surface area (Å²) in [5.41, 5.74) is 6.92. The highest BCUT2D eigenvalue weighted by atomic mass is 32.2. The van der Waals surface area contributed by atoms with Crippen molar-refractivity contribution in [2.75, 3.05) is 0 Å². The number of rotatable bonds is 6. The Bertz CT molecular complexity index is 716. The van der Waals surface area contributed by atoms with E-state index in [2.05, 4.69) is 14.7 Å². The molecule has 0 fully saturated rings. The monoisotopic (exact) mass is 322 g/mol. The molecule has 0 atom stereocenters. The molecule has 0 aliphatic rings. The number of benzene rings is 1. The third kappa shape index (κ3) is 4.55. The second-order valence-corrected chi connectivity index (χ2v) is 6.60. The zero-order chi connectivity index (χ0) is 15.3. The number of nitrogens with zero attached hydrogens (tertiary/aromatic N) is 2. The highest BCUT2D eigenvalue weighted by molar-refractivity contribution is 7.89. The normalized spacial score (nSPS) is 11.2. The molecule has 0 spiro atoms. The molecular formula is C13H14N4O2S2. The van der Waals surface area contributed by atoms with Gasteiger partial charge in [-0.1, -0.05) is 24.4 Å². The third-order valence-corrected chi connectivity index (χ3v) is 4.26. The molecule has 2 aromatic rings. The van der Waals surface area contributed by atoms with E-state index in [4.69, 9.17) is 18.0 Å². The van der Waals surface area contributed by atoms with Gasteiger partial charge in [-0.15, -0.1) is 0 Å². The van der Waals surface area contributed by atoms with Crippen molar-refractivity contribution in [3.8, 4) is 0 Å². The molecule has 0 amide bonds. The van der Waals surface area contributed by atoms with E-state index in [9.17, 15) is 8.42 Å². The molecule has 0 saturated heterocycles. The van der Waals surface area contributed by atoms with E-state index in [-0.39, 0.29) is 11.4 Å². The summed E-state index contributed by atoms with van der Waals surface area (Å²) >= 11 is 4.81. The minimum absolute atomic E-state index is 0.111. The minimum atomic E-state index is -3.58. The van der Waals surface area contributed by atoms with Crippen LogP contribution in [0, 0.1) is 0 Å². The molecule has 0 bridgehead atoms. The molecule has 1 heterocycles. The maximum atomic E-state index is 12.1. The van der Waals surface area contributed by atoms with E-state index < -0.39 is 10.0 Å². The largest absolute Gasteiger partial charge is 0.393 e. The summed E-state index contributed by atoms with van der Waals surface area (Å²) in [7, 11) is -3.58. The molecule has 21 heavy (non-hydrogen) atoms. The fourth-order valence-corrected chi connectivity index (χ4v) is 2.83. The van der Waals surface area contributed by atoms with Gasteiger partial charge in [0.05, 0.1) is 22.1 Å². The van der Waals surface area contributed by atoms with Crippen LogP contribution in [-0.4, -0.2) is 23.4 Å². The Morgan fingerprint density at radius 3 is 2.52 bits per heavy atom. The number of nitrogens with two attached hydrogens (primary N) is 1. The van der Waals surface area contributed by atoms with Crippen molar-refractivity contribution < 1.29 is 8.42 Å². The van der Waals surface area contributed by atoms with E-state index in [1.54, 1.807) is 24.4 Å². The smallest absolute Gasteiger partial charge is 0.240 e. The van der Waals surface area contributed by atoms with Crippen LogP contribution in [0.1, 0.15) is 11.3 Å². The molecule has 0 unspecified atom stereocenters. The quantitative estimate of drug-likeness (QED) is 0.763. The van der Waals surface area contributed by atoms with Crippen molar-refractivity contribution in [2.45, 2.75) is 17.9 Å². The van der Waals surface area contributed by atoms with E-state index in [1.165, 1.54) is 18.5 Å². The van der Waals surface area contributed by atoms with Crippen molar-refractivity contribution >= 4 is 27.2 Å². The van der Waals surface area contributed by atoms with Gasteiger partial charge in [0.25, 0.3) is 0 Å². The predicted molar refractivity (Wildman–Crippen MR) is 83.0 cm³/mol. The lowest BCUT2D eigenvalue weighted by atomic mass is 10.1. The Balaban J connectivity index is 2.07. The van der Waals surface area contributed by atoms with Crippen molar-refractivity contribution in [2.24, 2.45) is 5.73 Å². The molecule has 110 valence electrons. The van der Waals surface area contributed by atoms with Gasteiger partial charge in [0.15, 0.2) is 0 Å². The highest BCUT2D eigenvalue weighted by Crippen LogP contribution is 2.11. The summed E-state index contributed by atoms with van der Waals surface area (Å²) in [4.78, 5) is 8.28. The van der Waals surface area contributed by atoms with Gasteiger partial charge in [0.2, 0.25) is 10.0 Å². The van der Waals surface area contributed by atoms with Gasteiger partial charge >= 0.3 is 0 Å². The van der Waals surface area contributed by atoms with Crippen molar-refractivity contribution in [3.05, 3.63) is 54.1 Å². The van der Waals surface area contributed by atoms with Crippen molar-refractivity contribution in [1.82, 2.24) is 14.7 Å². The number of nitrogens with one attached hydrogen (secondary N) is 1. The van der Waals surface area contributed by atoms with Crippen molar-refractivity contribution in [3.63, 3.8) is 0 Å². The fourth-order valence-electron chi connectivity index (χ4n) is 1.66. The molecule has 8 heteroatoms. The molecule has 0 aliphatic carbocycles. The Morgan fingerprint density at radius 1 is 1.24 bits per heavy atom. The van der Waals surface area contributed by atoms with Crippen LogP contribution < -0.4 is 10.5 Å². The van der Waals surface area contributed by atoms with Crippen LogP contribution >= 0.6 is 12.2 Å². The van der Waals surface area contributed by atoms with E-state index in [1.807, 2.05) is 0 Å². The van der Waals surface area contributed by atoms with Crippen LogP contribution in [0.5, 0.6) is 0 Å². The lowest BCUT2D eigenvalue weighted by Crippen LogP contribution is -2.23. The molecule has 2 rings (SSSR count). The molecule has 6 nitrogen and oxygen atoms in total. The number of thiocarbonyl (C=S) groups is 1. The number of aromatic nitrogens is 2. The molecule has 1 aromatic heterocycles. The maximum absolute atomic E-state index is 12.1. The molecule has 0 radical (unpaired) electrons. The standard InChI is InChI=1S/C13H14N4O2S2/c14-13(20)7-10-1-3-12(4-2-10)21(18,19)17-8-11-5-6-15-9-16-11/h1-6,9,17H,7-8H2,(H2,14,20). The Kier molecular flexibility index (Phi) is 4.94. The zero-order valence-electron chi connectivity index (χ0n) is 11.1. The first-order valence-corrected chi connectivity index (χ1v) is 7.98. The van der Waals surface area contributed by atoms with E-state index >= 15 is 0 Å². The van der Waals surface area contributed by atoms with Crippen LogP contribution in [0.15, 0.2) is 47.8 Å². The minimum Gasteiger partial charge on any atom is -0.393 e. The first-order chi connectivity index (χ1) is 9.97. The molecule has 0 aliphatic heterocycles. The lowest BCUT2D eigenvalue weighted by molar-refractivity contribution is 0.580. The number of sulfonamides is 1. The Hall–Kier alpha value is -1.90. The van der Waals surface area contributed by atoms with Gasteiger partial charge in [0.1, 0.15) is 6.33 Å². The summed E-state index contributed by atoms with van der Waals surface area (Å²) < 4.78 is 26.8. The van der Waals surface area contributed by atoms with Crippen LogP contribution in [0.3, 0.4) is 0 Å². The van der Waals surface area contributed by atoms with Gasteiger partial charge in [-0.05, 0) is 23.8 Å². The van der Waals surface area contributed by atoms with Gasteiger partial charge in [-0.2, -0.15) is 0 Å². The summed E-state index contributed by atoms with van der Waals surface area (Å²) in [6.45, 7) is 0.111. The second kappa shape index (κ2) is 6.70. The summed E-state index contributed by atoms with van der Waals surface area (Å²) in [6, 6.07) is 8.08. The highest BCUT2D eigenvalue weighted by Gasteiger charge is 2.13. The van der Waals surface area contributed by atoms with Crippen LogP contribution in [0.2, 0.25) is 0 Å². The fraction of sp³-hybridized carbons (Fsp3) is 0.154. The molecule has 1 aromatic carbocycles. The Labute approximate surface area is 128 Å². The summed E-state index contributed by atoms with van der Waals surface area (Å²) in [5, 5.41) is 0. The topological polar surface area (TPSA) is 98.0 Å². The average molecular weight is 322 g/mol. The maximum Gasteiger partial charge on any atom is 0.240 e. The van der Waals surface area contributed by atoms with Crippen LogP contribution in [0.25, 0.3) is 0 Å². The summed E-state index contributed by atoms with van der Waals surface area (Å²) in [6.07, 6.45) is 3.37. The molecule has 0 saturated carbocycles. The first-order valence-electron chi connectivity index (χ1n) is 6.09. The van der Waals surface area contributed by atoms with Gasteiger partial charge in [0, 0.05) is 12.6 Å². The lowest BCUT2D eigenvalue weighted by Gasteiger charge is -2.07. The van der Waals surface area contributed by atoms with E-state index in [0.717, 1.165) is 5.56 Å². The van der Waals surface area contributed by atoms with Crippen molar-refractivity contribution in [1.29, 1.82) is 0 Å². The van der Waals surface area contributed by atoms with Gasteiger partial charge < -0.3 is 5.73 Å². The zero-order valence-corrected chi connectivity index (χ0v) is 12.7. The molecular weight excluding hydrogens is 308 g/mol. The second-order valence-electron chi connectivity index (χ2n) is 4.31.